The third kappa shape index (κ3) is 1.29. The van der Waals surface area contributed by atoms with Gasteiger partial charge >= 0.3 is 0 Å². The molecule has 2 aliphatic carbocycles. The van der Waals surface area contributed by atoms with Crippen LogP contribution < -0.4 is 0 Å². The van der Waals surface area contributed by atoms with E-state index in [4.69, 9.17) is 4.74 Å². The fourth-order valence-corrected chi connectivity index (χ4v) is 5.37. The molecule has 2 saturated carbocycles. The number of hydrogen-bond donors (Lipinski definition) is 1. The molecule has 2 aliphatic heterocycles. The Morgan fingerprint density at radius 2 is 1.76 bits per heavy atom. The van der Waals surface area contributed by atoms with E-state index in [-0.39, 0.29) is 17.8 Å². The van der Waals surface area contributed by atoms with Crippen molar-refractivity contribution in [3.63, 3.8) is 0 Å². The minimum atomic E-state index is -0.307. The van der Waals surface area contributed by atoms with Gasteiger partial charge in [0.1, 0.15) is 0 Å². The standard InChI is InChI=1S/C15H26O2/c1-10-13(2)7-5-12-11(13)6-8-14(10,3)17-15(12,4)9-16/h10-12,16H,5-9H2,1-4H3/t10-,11-,12-,13-,14?,15-/m1/s1. The second-order valence-corrected chi connectivity index (χ2v) is 7.40. The van der Waals surface area contributed by atoms with E-state index in [0.717, 1.165) is 5.92 Å². The molecule has 2 nitrogen and oxygen atoms in total. The van der Waals surface area contributed by atoms with Gasteiger partial charge in [0.2, 0.25) is 0 Å². The van der Waals surface area contributed by atoms with Crippen LogP contribution in [0.25, 0.3) is 0 Å². The van der Waals surface area contributed by atoms with Crippen LogP contribution in [0, 0.1) is 23.2 Å². The van der Waals surface area contributed by atoms with Gasteiger partial charge in [0, 0.05) is 0 Å². The van der Waals surface area contributed by atoms with Crippen molar-refractivity contribution < 1.29 is 9.84 Å². The molecule has 0 spiro atoms. The number of ether oxygens (including phenoxy) is 1. The Morgan fingerprint density at radius 3 is 2.41 bits per heavy atom. The first kappa shape index (κ1) is 12.0. The van der Waals surface area contributed by atoms with Gasteiger partial charge in [-0.2, -0.15) is 0 Å². The van der Waals surface area contributed by atoms with Crippen molar-refractivity contribution in [1.82, 2.24) is 0 Å². The van der Waals surface area contributed by atoms with E-state index in [0.29, 0.717) is 17.3 Å². The van der Waals surface area contributed by atoms with Crippen molar-refractivity contribution in [1.29, 1.82) is 0 Å². The van der Waals surface area contributed by atoms with Gasteiger partial charge in [-0.3, -0.25) is 0 Å². The van der Waals surface area contributed by atoms with Crippen LogP contribution in [-0.2, 0) is 4.74 Å². The van der Waals surface area contributed by atoms with E-state index in [1.165, 1.54) is 25.7 Å². The lowest BCUT2D eigenvalue weighted by Gasteiger charge is -2.51. The van der Waals surface area contributed by atoms with Crippen LogP contribution in [0.4, 0.5) is 0 Å². The average molecular weight is 238 g/mol. The van der Waals surface area contributed by atoms with E-state index in [1.807, 2.05) is 0 Å². The molecule has 2 heteroatoms. The second kappa shape index (κ2) is 3.27. The Kier molecular flexibility index (Phi) is 2.30. The maximum atomic E-state index is 9.82. The minimum absolute atomic E-state index is 0.0299. The van der Waals surface area contributed by atoms with Crippen LogP contribution in [0.15, 0.2) is 0 Å². The lowest BCUT2D eigenvalue weighted by molar-refractivity contribution is -0.201. The molecule has 1 unspecified atom stereocenters. The van der Waals surface area contributed by atoms with E-state index in [9.17, 15) is 5.11 Å². The van der Waals surface area contributed by atoms with Crippen molar-refractivity contribution in [3.05, 3.63) is 0 Å². The van der Waals surface area contributed by atoms with Gasteiger partial charge in [0.25, 0.3) is 0 Å². The van der Waals surface area contributed by atoms with Gasteiger partial charge in [0.15, 0.2) is 0 Å². The predicted molar refractivity (Wildman–Crippen MR) is 67.7 cm³/mol. The van der Waals surface area contributed by atoms with Gasteiger partial charge < -0.3 is 9.84 Å². The highest BCUT2D eigenvalue weighted by atomic mass is 16.5. The minimum Gasteiger partial charge on any atom is -0.393 e. The van der Waals surface area contributed by atoms with Crippen molar-refractivity contribution >= 4 is 0 Å². The first-order valence-electron chi connectivity index (χ1n) is 7.17. The topological polar surface area (TPSA) is 29.5 Å². The summed E-state index contributed by atoms with van der Waals surface area (Å²) in [5.74, 6) is 1.92. The summed E-state index contributed by atoms with van der Waals surface area (Å²) in [5, 5.41) is 9.82. The normalized spacial score (nSPS) is 61.6. The van der Waals surface area contributed by atoms with Crippen LogP contribution in [0.5, 0.6) is 0 Å². The fraction of sp³-hybridized carbons (Fsp3) is 1.00. The summed E-state index contributed by atoms with van der Waals surface area (Å²) in [6.07, 6.45) is 5.01. The zero-order chi connectivity index (χ0) is 12.5. The van der Waals surface area contributed by atoms with Crippen LogP contribution >= 0.6 is 0 Å². The van der Waals surface area contributed by atoms with Gasteiger partial charge in [0.05, 0.1) is 17.8 Å². The summed E-state index contributed by atoms with van der Waals surface area (Å²) in [7, 11) is 0. The zero-order valence-electron chi connectivity index (χ0n) is 11.6. The van der Waals surface area contributed by atoms with E-state index < -0.39 is 0 Å². The monoisotopic (exact) mass is 238 g/mol. The number of fused-ring (bicyclic) bond motifs is 2. The van der Waals surface area contributed by atoms with E-state index >= 15 is 0 Å². The summed E-state index contributed by atoms with van der Waals surface area (Å²) in [6.45, 7) is 9.42. The molecule has 17 heavy (non-hydrogen) atoms. The van der Waals surface area contributed by atoms with Crippen LogP contribution in [0.2, 0.25) is 0 Å². The first-order valence-corrected chi connectivity index (χ1v) is 7.17. The van der Waals surface area contributed by atoms with Crippen LogP contribution in [0.3, 0.4) is 0 Å². The lowest BCUT2D eigenvalue weighted by Crippen LogP contribution is -2.51. The molecule has 4 aliphatic rings. The molecule has 6 atom stereocenters. The Balaban J connectivity index is 2.12. The molecule has 2 saturated heterocycles. The smallest absolute Gasteiger partial charge is 0.0922 e. The lowest BCUT2D eigenvalue weighted by atomic mass is 9.57. The van der Waals surface area contributed by atoms with Crippen LogP contribution in [-0.4, -0.2) is 22.9 Å². The third-order valence-electron chi connectivity index (χ3n) is 6.75. The molecule has 0 aromatic carbocycles. The van der Waals surface area contributed by atoms with Gasteiger partial charge in [-0.25, -0.2) is 0 Å². The SMILES string of the molecule is C[C@H]1C2(C)CC[C@@H]3[C@@H](CC[C@@]31C)[C@@](C)(CO)O2. The molecule has 4 fully saturated rings. The second-order valence-electron chi connectivity index (χ2n) is 7.40. The average Bonchev–Trinajstić information content (AvgIpc) is 2.56. The summed E-state index contributed by atoms with van der Waals surface area (Å²) in [4.78, 5) is 0. The van der Waals surface area contributed by atoms with Gasteiger partial charge in [-0.05, 0) is 62.7 Å². The van der Waals surface area contributed by atoms with Crippen molar-refractivity contribution in [2.75, 3.05) is 6.61 Å². The molecule has 0 aromatic heterocycles. The number of rotatable bonds is 1. The quantitative estimate of drug-likeness (QED) is 0.761. The molecule has 4 bridgehead atoms. The molecule has 1 N–H and O–H groups in total. The van der Waals surface area contributed by atoms with Gasteiger partial charge in [-0.1, -0.05) is 13.8 Å². The first-order chi connectivity index (χ1) is 7.86. The zero-order valence-corrected chi connectivity index (χ0v) is 11.6. The molecule has 4 rings (SSSR count). The molecular formula is C15H26O2. The summed E-state index contributed by atoms with van der Waals surface area (Å²) < 4.78 is 6.49. The molecule has 0 aromatic rings. The van der Waals surface area contributed by atoms with E-state index in [2.05, 4.69) is 27.7 Å². The Bertz CT molecular complexity index is 340. The highest BCUT2D eigenvalue weighted by Crippen LogP contribution is 2.66. The highest BCUT2D eigenvalue weighted by molar-refractivity contribution is 5.13. The third-order valence-corrected chi connectivity index (χ3v) is 6.75. The van der Waals surface area contributed by atoms with Crippen molar-refractivity contribution in [2.24, 2.45) is 23.2 Å². The molecule has 0 amide bonds. The maximum absolute atomic E-state index is 9.82. The number of aliphatic hydroxyl groups is 1. The molecule has 98 valence electrons. The number of aliphatic hydroxyl groups excluding tert-OH is 1. The summed E-state index contributed by atoms with van der Waals surface area (Å²) in [6, 6.07) is 0. The fourth-order valence-electron chi connectivity index (χ4n) is 5.37. The maximum Gasteiger partial charge on any atom is 0.0922 e. The summed E-state index contributed by atoms with van der Waals surface area (Å²) in [5.41, 5.74) is 0.0981. The largest absolute Gasteiger partial charge is 0.393 e. The van der Waals surface area contributed by atoms with Crippen LogP contribution in [0.1, 0.15) is 53.4 Å². The summed E-state index contributed by atoms with van der Waals surface area (Å²) >= 11 is 0. The Labute approximate surface area is 105 Å². The molecular weight excluding hydrogens is 212 g/mol. The Hall–Kier alpha value is -0.0800. The predicted octanol–water partition coefficient (Wildman–Crippen LogP) is 2.99. The highest BCUT2D eigenvalue weighted by Gasteiger charge is 2.65. The molecule has 2 heterocycles. The van der Waals surface area contributed by atoms with Crippen molar-refractivity contribution in [2.45, 2.75) is 64.6 Å². The van der Waals surface area contributed by atoms with Crippen molar-refractivity contribution in [3.8, 4) is 0 Å². The van der Waals surface area contributed by atoms with Gasteiger partial charge in [-0.15, -0.1) is 0 Å². The van der Waals surface area contributed by atoms with E-state index in [1.54, 1.807) is 0 Å². The Morgan fingerprint density at radius 1 is 1.12 bits per heavy atom. The molecule has 0 radical (unpaired) electrons. The number of hydrogen-bond acceptors (Lipinski definition) is 2.